The van der Waals surface area contributed by atoms with Gasteiger partial charge >= 0.3 is 11.5 Å². The molecular formula is C19H18F3N3OS. The fraction of sp³-hybridized carbons (Fsp3) is 0.211. The third kappa shape index (κ3) is 5.68. The lowest BCUT2D eigenvalue weighted by molar-refractivity contribution is -0.0327. The fourth-order valence-electron chi connectivity index (χ4n) is 2.68. The molecule has 3 aromatic rings. The number of fused-ring (bicyclic) bond motifs is 1. The predicted molar refractivity (Wildman–Crippen MR) is 104 cm³/mol. The molecule has 3 N–H and O–H groups in total. The zero-order valence-corrected chi connectivity index (χ0v) is 15.1. The minimum Gasteiger partial charge on any atom is -0.359 e. The number of nitrogens with one attached hydrogen (secondary N) is 3. The SMILES string of the molecule is O=C(Nc1ccc(CCCSC(F)(F)F)cc1)Nc1c[nH]c2ccccc12. The van der Waals surface area contributed by atoms with Gasteiger partial charge in [-0.2, -0.15) is 13.2 Å². The molecule has 0 bridgehead atoms. The number of hydrogen-bond donors (Lipinski definition) is 3. The molecule has 1 aromatic heterocycles. The number of aryl methyl sites for hydroxylation is 1. The number of benzene rings is 2. The molecule has 4 nitrogen and oxygen atoms in total. The number of amides is 2. The highest BCUT2D eigenvalue weighted by Crippen LogP contribution is 2.30. The largest absolute Gasteiger partial charge is 0.441 e. The van der Waals surface area contributed by atoms with Crippen LogP contribution in [0.25, 0.3) is 10.9 Å². The lowest BCUT2D eigenvalue weighted by Crippen LogP contribution is -2.19. The van der Waals surface area contributed by atoms with Crippen LogP contribution in [0.3, 0.4) is 0 Å². The van der Waals surface area contributed by atoms with Crippen molar-refractivity contribution in [3.63, 3.8) is 0 Å². The number of aromatic amines is 1. The Balaban J connectivity index is 1.50. The molecule has 0 unspecified atom stereocenters. The molecular weight excluding hydrogens is 375 g/mol. The molecule has 2 amide bonds. The van der Waals surface area contributed by atoms with Gasteiger partial charge in [-0.15, -0.1) is 0 Å². The van der Waals surface area contributed by atoms with Crippen molar-refractivity contribution in [2.45, 2.75) is 18.3 Å². The van der Waals surface area contributed by atoms with Crippen molar-refractivity contribution < 1.29 is 18.0 Å². The second-order valence-electron chi connectivity index (χ2n) is 5.92. The van der Waals surface area contributed by atoms with Crippen molar-refractivity contribution in [3.05, 3.63) is 60.3 Å². The highest BCUT2D eigenvalue weighted by molar-refractivity contribution is 8.00. The summed E-state index contributed by atoms with van der Waals surface area (Å²) in [6.45, 7) is 0. The van der Waals surface area contributed by atoms with E-state index in [2.05, 4.69) is 15.6 Å². The van der Waals surface area contributed by atoms with Gasteiger partial charge in [0.1, 0.15) is 0 Å². The van der Waals surface area contributed by atoms with E-state index in [0.29, 0.717) is 24.2 Å². The first-order chi connectivity index (χ1) is 12.9. The Morgan fingerprint density at radius 3 is 2.52 bits per heavy atom. The van der Waals surface area contributed by atoms with Crippen molar-refractivity contribution in [2.75, 3.05) is 16.4 Å². The molecule has 0 aliphatic rings. The quantitative estimate of drug-likeness (QED) is 0.450. The van der Waals surface area contributed by atoms with Gasteiger partial charge in [-0.3, -0.25) is 0 Å². The van der Waals surface area contributed by atoms with Crippen LogP contribution in [0, 0.1) is 0 Å². The Morgan fingerprint density at radius 2 is 1.78 bits per heavy atom. The second-order valence-corrected chi connectivity index (χ2v) is 7.08. The van der Waals surface area contributed by atoms with E-state index in [1.807, 2.05) is 24.3 Å². The maximum atomic E-state index is 12.2. The first kappa shape index (κ1) is 19.2. The van der Waals surface area contributed by atoms with Gasteiger partial charge in [0.25, 0.3) is 0 Å². The summed E-state index contributed by atoms with van der Waals surface area (Å²) in [6, 6.07) is 14.4. The highest BCUT2D eigenvalue weighted by Gasteiger charge is 2.27. The van der Waals surface area contributed by atoms with Crippen LogP contribution in [0.1, 0.15) is 12.0 Å². The highest BCUT2D eigenvalue weighted by atomic mass is 32.2. The topological polar surface area (TPSA) is 56.9 Å². The number of alkyl halides is 3. The van der Waals surface area contributed by atoms with Gasteiger partial charge in [0.05, 0.1) is 5.69 Å². The van der Waals surface area contributed by atoms with Crippen LogP contribution in [0.15, 0.2) is 54.7 Å². The smallest absolute Gasteiger partial charge is 0.359 e. The van der Waals surface area contributed by atoms with Crippen LogP contribution < -0.4 is 10.6 Å². The number of halogens is 3. The van der Waals surface area contributed by atoms with Gasteiger partial charge in [-0.1, -0.05) is 42.1 Å². The van der Waals surface area contributed by atoms with Crippen LogP contribution in [0.2, 0.25) is 0 Å². The van der Waals surface area contributed by atoms with Crippen LogP contribution in [-0.2, 0) is 6.42 Å². The van der Waals surface area contributed by atoms with Gasteiger partial charge in [-0.25, -0.2) is 4.79 Å². The minimum atomic E-state index is -4.17. The van der Waals surface area contributed by atoms with E-state index < -0.39 is 5.51 Å². The summed E-state index contributed by atoms with van der Waals surface area (Å²) in [5.41, 5.74) is -1.02. The molecule has 142 valence electrons. The number of carbonyl (C=O) groups excluding carboxylic acids is 1. The third-order valence-electron chi connectivity index (χ3n) is 3.92. The standard InChI is InChI=1S/C19H18F3N3OS/c20-19(21,22)27-11-3-4-13-7-9-14(10-8-13)24-18(26)25-17-12-23-16-6-2-1-5-15(16)17/h1-2,5-10,12,23H,3-4,11H2,(H2,24,25,26). The monoisotopic (exact) mass is 393 g/mol. The summed E-state index contributed by atoms with van der Waals surface area (Å²) in [5, 5.41) is 6.45. The van der Waals surface area contributed by atoms with Crippen molar-refractivity contribution in [1.29, 1.82) is 0 Å². The Hall–Kier alpha value is -2.61. The normalized spacial score (nSPS) is 11.5. The number of para-hydroxylation sites is 1. The molecule has 0 saturated carbocycles. The van der Waals surface area contributed by atoms with Crippen LogP contribution in [-0.4, -0.2) is 22.3 Å². The number of thioether (sulfide) groups is 1. The molecule has 2 aromatic carbocycles. The van der Waals surface area contributed by atoms with Crippen LogP contribution in [0.5, 0.6) is 0 Å². The van der Waals surface area contributed by atoms with Gasteiger partial charge < -0.3 is 15.6 Å². The molecule has 0 aliphatic heterocycles. The average Bonchev–Trinajstić information content (AvgIpc) is 3.02. The molecule has 8 heteroatoms. The number of H-pyrrole nitrogens is 1. The molecule has 0 saturated heterocycles. The molecule has 0 aliphatic carbocycles. The summed E-state index contributed by atoms with van der Waals surface area (Å²) in [6.07, 6.45) is 2.73. The van der Waals surface area contributed by atoms with Crippen molar-refractivity contribution >= 4 is 40.1 Å². The summed E-state index contributed by atoms with van der Waals surface area (Å²) in [7, 11) is 0. The second kappa shape index (κ2) is 8.39. The average molecular weight is 393 g/mol. The Bertz CT molecular complexity index is 906. The van der Waals surface area contributed by atoms with Crippen LogP contribution in [0.4, 0.5) is 29.3 Å². The fourth-order valence-corrected chi connectivity index (χ4v) is 3.20. The van der Waals surface area contributed by atoms with E-state index in [-0.39, 0.29) is 23.5 Å². The van der Waals surface area contributed by atoms with E-state index in [9.17, 15) is 18.0 Å². The van der Waals surface area contributed by atoms with Gasteiger partial charge in [0, 0.05) is 28.5 Å². The maximum Gasteiger partial charge on any atom is 0.441 e. The zero-order chi connectivity index (χ0) is 19.3. The number of aromatic nitrogens is 1. The summed E-state index contributed by atoms with van der Waals surface area (Å²) in [4.78, 5) is 15.3. The predicted octanol–water partition coefficient (Wildman–Crippen LogP) is 6.00. The molecule has 0 spiro atoms. The van der Waals surface area contributed by atoms with Crippen molar-refractivity contribution in [2.24, 2.45) is 0 Å². The van der Waals surface area contributed by atoms with Crippen LogP contribution >= 0.6 is 11.8 Å². The summed E-state index contributed by atoms with van der Waals surface area (Å²) >= 11 is -0.00113. The molecule has 0 atom stereocenters. The number of urea groups is 1. The number of anilines is 2. The molecule has 0 radical (unpaired) electrons. The first-order valence-electron chi connectivity index (χ1n) is 8.34. The molecule has 27 heavy (non-hydrogen) atoms. The molecule has 3 rings (SSSR count). The van der Waals surface area contributed by atoms with E-state index >= 15 is 0 Å². The lowest BCUT2D eigenvalue weighted by atomic mass is 10.1. The number of hydrogen-bond acceptors (Lipinski definition) is 2. The molecule has 0 fully saturated rings. The Morgan fingerprint density at radius 1 is 1.04 bits per heavy atom. The lowest BCUT2D eigenvalue weighted by Gasteiger charge is -2.08. The van der Waals surface area contributed by atoms with Gasteiger partial charge in [-0.05, 0) is 36.6 Å². The first-order valence-corrected chi connectivity index (χ1v) is 9.33. The number of rotatable bonds is 6. The van der Waals surface area contributed by atoms with Crippen molar-refractivity contribution in [1.82, 2.24) is 4.98 Å². The number of carbonyl (C=O) groups is 1. The summed E-state index contributed by atoms with van der Waals surface area (Å²) in [5.74, 6) is 0.0382. The molecule has 1 heterocycles. The third-order valence-corrected chi connectivity index (χ3v) is 4.74. The van der Waals surface area contributed by atoms with E-state index in [1.165, 1.54) is 0 Å². The van der Waals surface area contributed by atoms with Gasteiger partial charge in [0.2, 0.25) is 0 Å². The Labute approximate surface area is 158 Å². The van der Waals surface area contributed by atoms with E-state index in [4.69, 9.17) is 0 Å². The van der Waals surface area contributed by atoms with Gasteiger partial charge in [0.15, 0.2) is 0 Å². The minimum absolute atomic E-state index is 0.00113. The Kier molecular flexibility index (Phi) is 5.95. The summed E-state index contributed by atoms with van der Waals surface area (Å²) < 4.78 is 36.3. The van der Waals surface area contributed by atoms with E-state index in [0.717, 1.165) is 16.5 Å². The maximum absolute atomic E-state index is 12.2. The van der Waals surface area contributed by atoms with E-state index in [1.54, 1.807) is 30.5 Å². The van der Waals surface area contributed by atoms with Crippen molar-refractivity contribution in [3.8, 4) is 0 Å². The zero-order valence-electron chi connectivity index (χ0n) is 14.3.